The molecule has 0 bridgehead atoms. The van der Waals surface area contributed by atoms with Crippen LogP contribution in [0, 0.1) is 5.92 Å². The number of amides is 2. The van der Waals surface area contributed by atoms with E-state index in [0.29, 0.717) is 39.5 Å². The van der Waals surface area contributed by atoms with Crippen LogP contribution in [0.25, 0.3) is 0 Å². The lowest BCUT2D eigenvalue weighted by Crippen LogP contribution is -2.51. The molecule has 0 radical (unpaired) electrons. The standard InChI is InChI=1S/C19H28N2O4/c1-19(24-12-13-25-19)17-8-5-10-21(14-17)18(22)20-9-11-23-15-16-6-3-2-4-7-16/h2-4,6-7,17H,5,8-15H2,1H3,(H,20,22)/t17-/m0/s1. The first-order valence-electron chi connectivity index (χ1n) is 9.10. The highest BCUT2D eigenvalue weighted by molar-refractivity contribution is 5.74. The fourth-order valence-corrected chi connectivity index (χ4v) is 3.46. The molecule has 0 spiro atoms. The number of nitrogens with zero attached hydrogens (tertiary/aromatic N) is 1. The SMILES string of the molecule is CC1([C@H]2CCCN(C(=O)NCCOCc3ccccc3)C2)OCCO1. The van der Waals surface area contributed by atoms with E-state index >= 15 is 0 Å². The lowest BCUT2D eigenvalue weighted by Gasteiger charge is -2.39. The molecular weight excluding hydrogens is 320 g/mol. The maximum Gasteiger partial charge on any atom is 0.317 e. The molecule has 2 amide bonds. The Morgan fingerprint density at radius 1 is 1.32 bits per heavy atom. The topological polar surface area (TPSA) is 60.0 Å². The molecule has 2 fully saturated rings. The average Bonchev–Trinajstić information content (AvgIpc) is 3.10. The molecular formula is C19H28N2O4. The zero-order chi connectivity index (χ0) is 17.5. The first-order valence-corrected chi connectivity index (χ1v) is 9.10. The predicted molar refractivity (Wildman–Crippen MR) is 94.1 cm³/mol. The van der Waals surface area contributed by atoms with Gasteiger partial charge in [0.25, 0.3) is 0 Å². The lowest BCUT2D eigenvalue weighted by molar-refractivity contribution is -0.189. The van der Waals surface area contributed by atoms with Crippen molar-refractivity contribution in [2.24, 2.45) is 5.92 Å². The molecule has 0 aliphatic carbocycles. The third-order valence-electron chi connectivity index (χ3n) is 4.95. The molecule has 2 aliphatic heterocycles. The largest absolute Gasteiger partial charge is 0.375 e. The Labute approximate surface area is 149 Å². The van der Waals surface area contributed by atoms with Crippen LogP contribution in [0.2, 0.25) is 0 Å². The highest BCUT2D eigenvalue weighted by Crippen LogP contribution is 2.33. The summed E-state index contributed by atoms with van der Waals surface area (Å²) in [6, 6.07) is 9.99. The van der Waals surface area contributed by atoms with Gasteiger partial charge in [-0.05, 0) is 25.3 Å². The summed E-state index contributed by atoms with van der Waals surface area (Å²) >= 11 is 0. The Morgan fingerprint density at radius 2 is 2.08 bits per heavy atom. The minimum atomic E-state index is -0.544. The van der Waals surface area contributed by atoms with Gasteiger partial charge in [-0.2, -0.15) is 0 Å². The monoisotopic (exact) mass is 348 g/mol. The van der Waals surface area contributed by atoms with E-state index in [4.69, 9.17) is 14.2 Å². The third kappa shape index (κ3) is 4.93. The van der Waals surface area contributed by atoms with Gasteiger partial charge in [0, 0.05) is 25.6 Å². The van der Waals surface area contributed by atoms with Crippen LogP contribution in [0.3, 0.4) is 0 Å². The third-order valence-corrected chi connectivity index (χ3v) is 4.95. The van der Waals surface area contributed by atoms with Gasteiger partial charge in [-0.1, -0.05) is 30.3 Å². The van der Waals surface area contributed by atoms with Gasteiger partial charge in [-0.3, -0.25) is 0 Å². The predicted octanol–water partition coefficient (Wildman–Crippen LogP) is 2.39. The molecule has 1 atom stereocenters. The van der Waals surface area contributed by atoms with Gasteiger partial charge in [0.1, 0.15) is 0 Å². The molecule has 6 nitrogen and oxygen atoms in total. The van der Waals surface area contributed by atoms with E-state index in [2.05, 4.69) is 5.32 Å². The van der Waals surface area contributed by atoms with E-state index in [-0.39, 0.29) is 11.9 Å². The fraction of sp³-hybridized carbons (Fsp3) is 0.632. The first-order chi connectivity index (χ1) is 12.2. The highest BCUT2D eigenvalue weighted by atomic mass is 16.7. The number of carbonyl (C=O) groups excluding carboxylic acids is 1. The highest BCUT2D eigenvalue weighted by Gasteiger charge is 2.42. The Bertz CT molecular complexity index is 546. The second-order valence-electron chi connectivity index (χ2n) is 6.77. The minimum absolute atomic E-state index is 0.0328. The van der Waals surface area contributed by atoms with Crippen molar-refractivity contribution >= 4 is 6.03 Å². The minimum Gasteiger partial charge on any atom is -0.375 e. The van der Waals surface area contributed by atoms with Crippen LogP contribution in [0.1, 0.15) is 25.3 Å². The number of ether oxygens (including phenoxy) is 3. The fourth-order valence-electron chi connectivity index (χ4n) is 3.46. The molecule has 2 saturated heterocycles. The smallest absolute Gasteiger partial charge is 0.317 e. The van der Waals surface area contributed by atoms with E-state index in [9.17, 15) is 4.79 Å². The number of urea groups is 1. The summed E-state index contributed by atoms with van der Waals surface area (Å²) in [6.07, 6.45) is 2.01. The van der Waals surface area contributed by atoms with E-state index < -0.39 is 5.79 Å². The van der Waals surface area contributed by atoms with Crippen molar-refractivity contribution in [2.45, 2.75) is 32.2 Å². The van der Waals surface area contributed by atoms with Gasteiger partial charge in [-0.25, -0.2) is 4.79 Å². The first kappa shape index (κ1) is 18.2. The molecule has 0 saturated carbocycles. The van der Waals surface area contributed by atoms with Crippen molar-refractivity contribution in [3.05, 3.63) is 35.9 Å². The van der Waals surface area contributed by atoms with E-state index in [1.807, 2.05) is 42.2 Å². The van der Waals surface area contributed by atoms with Gasteiger partial charge in [0.2, 0.25) is 0 Å². The van der Waals surface area contributed by atoms with Crippen LogP contribution in [0.4, 0.5) is 4.79 Å². The normalized spacial score (nSPS) is 22.8. The molecule has 1 aromatic carbocycles. The molecule has 1 N–H and O–H groups in total. The summed E-state index contributed by atoms with van der Waals surface area (Å²) in [7, 11) is 0. The van der Waals surface area contributed by atoms with Gasteiger partial charge in [0.05, 0.1) is 26.4 Å². The molecule has 6 heteroatoms. The molecule has 2 aliphatic rings. The lowest BCUT2D eigenvalue weighted by atomic mass is 9.90. The summed E-state index contributed by atoms with van der Waals surface area (Å²) in [6.45, 7) is 6.30. The van der Waals surface area contributed by atoms with Gasteiger partial charge in [0.15, 0.2) is 5.79 Å². The van der Waals surface area contributed by atoms with Crippen LogP contribution in [0.15, 0.2) is 30.3 Å². The van der Waals surface area contributed by atoms with Crippen LogP contribution < -0.4 is 5.32 Å². The number of carbonyl (C=O) groups is 1. The molecule has 2 heterocycles. The molecule has 25 heavy (non-hydrogen) atoms. The zero-order valence-electron chi connectivity index (χ0n) is 14.9. The summed E-state index contributed by atoms with van der Waals surface area (Å²) in [5.41, 5.74) is 1.14. The number of piperidine rings is 1. The summed E-state index contributed by atoms with van der Waals surface area (Å²) in [5, 5.41) is 2.94. The van der Waals surface area contributed by atoms with Crippen molar-refractivity contribution in [1.82, 2.24) is 10.2 Å². The Balaban J connectivity index is 1.36. The van der Waals surface area contributed by atoms with E-state index in [1.165, 1.54) is 0 Å². The second-order valence-corrected chi connectivity index (χ2v) is 6.77. The van der Waals surface area contributed by atoms with Gasteiger partial charge in [-0.15, -0.1) is 0 Å². The Hall–Kier alpha value is -1.63. The van der Waals surface area contributed by atoms with E-state index in [1.54, 1.807) is 0 Å². The van der Waals surface area contributed by atoms with Crippen LogP contribution >= 0.6 is 0 Å². The number of nitrogens with one attached hydrogen (secondary N) is 1. The van der Waals surface area contributed by atoms with Crippen LogP contribution in [-0.2, 0) is 20.8 Å². The van der Waals surface area contributed by atoms with Crippen molar-refractivity contribution in [3.63, 3.8) is 0 Å². The molecule has 138 valence electrons. The number of likely N-dealkylation sites (tertiary alicyclic amines) is 1. The van der Waals surface area contributed by atoms with Gasteiger partial charge < -0.3 is 24.4 Å². The number of hydrogen-bond acceptors (Lipinski definition) is 4. The molecule has 1 aromatic rings. The summed E-state index contributed by atoms with van der Waals surface area (Å²) in [5.74, 6) is -0.318. The maximum absolute atomic E-state index is 12.4. The summed E-state index contributed by atoms with van der Waals surface area (Å²) < 4.78 is 17.1. The van der Waals surface area contributed by atoms with Gasteiger partial charge >= 0.3 is 6.03 Å². The number of rotatable bonds is 6. The second kappa shape index (κ2) is 8.65. The van der Waals surface area contributed by atoms with Crippen molar-refractivity contribution in [2.75, 3.05) is 39.5 Å². The Kier molecular flexibility index (Phi) is 6.29. The van der Waals surface area contributed by atoms with E-state index in [0.717, 1.165) is 24.9 Å². The maximum atomic E-state index is 12.4. The number of hydrogen-bond donors (Lipinski definition) is 1. The molecule has 0 unspecified atom stereocenters. The molecule has 3 rings (SSSR count). The van der Waals surface area contributed by atoms with Crippen molar-refractivity contribution < 1.29 is 19.0 Å². The summed E-state index contributed by atoms with van der Waals surface area (Å²) in [4.78, 5) is 14.2. The van der Waals surface area contributed by atoms with Crippen molar-refractivity contribution in [3.8, 4) is 0 Å². The quantitative estimate of drug-likeness (QED) is 0.802. The number of benzene rings is 1. The van der Waals surface area contributed by atoms with Crippen molar-refractivity contribution in [1.29, 1.82) is 0 Å². The van der Waals surface area contributed by atoms with Crippen LogP contribution in [0.5, 0.6) is 0 Å². The average molecular weight is 348 g/mol. The zero-order valence-corrected chi connectivity index (χ0v) is 14.9. The molecule has 0 aromatic heterocycles. The van der Waals surface area contributed by atoms with Crippen LogP contribution in [-0.4, -0.2) is 56.2 Å². The Morgan fingerprint density at radius 3 is 2.84 bits per heavy atom.